The monoisotopic (exact) mass is 359 g/mol. The van der Waals surface area contributed by atoms with Crippen LogP contribution in [0.4, 0.5) is 10.2 Å². The summed E-state index contributed by atoms with van der Waals surface area (Å²) in [5.74, 6) is 0.0791. The van der Waals surface area contributed by atoms with Crippen LogP contribution in [0.2, 0.25) is 0 Å². The molecule has 2 aromatic heterocycles. The van der Waals surface area contributed by atoms with Crippen LogP contribution >= 0.6 is 0 Å². The van der Waals surface area contributed by atoms with Gasteiger partial charge in [-0.2, -0.15) is 0 Å². The predicted molar refractivity (Wildman–Crippen MR) is 94.2 cm³/mol. The first-order valence-corrected chi connectivity index (χ1v) is 8.51. The summed E-state index contributed by atoms with van der Waals surface area (Å²) in [6.45, 7) is 3.03. The van der Waals surface area contributed by atoms with Crippen LogP contribution in [0.1, 0.15) is 17.8 Å². The van der Waals surface area contributed by atoms with Gasteiger partial charge >= 0.3 is 0 Å². The maximum atomic E-state index is 13.6. The van der Waals surface area contributed by atoms with Gasteiger partial charge in [0.2, 0.25) is 5.91 Å². The molecule has 26 heavy (non-hydrogen) atoms. The van der Waals surface area contributed by atoms with Crippen LogP contribution < -0.4 is 10.2 Å². The molecule has 138 valence electrons. The number of aryl methyl sites for hydroxylation is 1. The van der Waals surface area contributed by atoms with Gasteiger partial charge in [-0.3, -0.25) is 9.78 Å². The molecule has 0 spiro atoms. The van der Waals surface area contributed by atoms with E-state index >= 15 is 0 Å². The molecule has 0 aliphatic carbocycles. The second kappa shape index (κ2) is 8.18. The van der Waals surface area contributed by atoms with E-state index in [0.29, 0.717) is 13.1 Å². The molecule has 7 nitrogen and oxygen atoms in total. The maximum Gasteiger partial charge on any atom is 0.226 e. The normalized spacial score (nSPS) is 19.6. The molecule has 0 aromatic carbocycles. The molecule has 1 aliphatic heterocycles. The quantitative estimate of drug-likeness (QED) is 0.837. The Kier molecular flexibility index (Phi) is 5.72. The maximum absolute atomic E-state index is 13.6. The number of carbonyl (C=O) groups excluding carboxylic acids is 1. The third-order valence-electron chi connectivity index (χ3n) is 4.49. The molecule has 3 rings (SSSR count). The van der Waals surface area contributed by atoms with Gasteiger partial charge in [0.05, 0.1) is 24.3 Å². The highest BCUT2D eigenvalue weighted by molar-refractivity contribution is 5.78. The number of carbonyl (C=O) groups is 1. The molecular formula is C18H22FN5O2. The van der Waals surface area contributed by atoms with Crippen molar-refractivity contribution in [1.29, 1.82) is 0 Å². The summed E-state index contributed by atoms with van der Waals surface area (Å²) < 4.78 is 19.1. The molecule has 0 saturated carbocycles. The molecule has 2 aromatic rings. The molecular weight excluding hydrogens is 337 g/mol. The Morgan fingerprint density at radius 3 is 3.00 bits per heavy atom. The zero-order chi connectivity index (χ0) is 18.5. The van der Waals surface area contributed by atoms with Gasteiger partial charge in [-0.25, -0.2) is 14.4 Å². The number of nitrogens with one attached hydrogen (secondary N) is 1. The number of hydrogen-bond donors (Lipinski definition) is 1. The van der Waals surface area contributed by atoms with Gasteiger partial charge in [-0.05, 0) is 25.5 Å². The lowest BCUT2D eigenvalue weighted by molar-refractivity contribution is -0.120. The number of ether oxygens (including phenoxy) is 1. The van der Waals surface area contributed by atoms with Crippen molar-refractivity contribution in [3.8, 4) is 0 Å². The Hall–Kier alpha value is -2.61. The lowest BCUT2D eigenvalue weighted by Gasteiger charge is -2.25. The van der Waals surface area contributed by atoms with Crippen LogP contribution in [-0.4, -0.2) is 53.2 Å². The highest BCUT2D eigenvalue weighted by Gasteiger charge is 2.33. The van der Waals surface area contributed by atoms with Gasteiger partial charge in [-0.1, -0.05) is 0 Å². The summed E-state index contributed by atoms with van der Waals surface area (Å²) in [5, 5.41) is 2.87. The van der Waals surface area contributed by atoms with Gasteiger partial charge in [0, 0.05) is 38.2 Å². The smallest absolute Gasteiger partial charge is 0.226 e. The SMILES string of the molecule is CO[C@H]1C[C@@H](CNC(=O)Cc2ncccc2F)N(c2cc(C)ncn2)C1. The van der Waals surface area contributed by atoms with E-state index in [1.807, 2.05) is 13.0 Å². The second-order valence-corrected chi connectivity index (χ2v) is 6.33. The molecule has 0 bridgehead atoms. The molecule has 2 atom stereocenters. The van der Waals surface area contributed by atoms with Crippen LogP contribution in [0.15, 0.2) is 30.7 Å². The zero-order valence-corrected chi connectivity index (χ0v) is 14.9. The molecule has 0 unspecified atom stereocenters. The van der Waals surface area contributed by atoms with E-state index in [2.05, 4.69) is 25.2 Å². The number of hydrogen-bond acceptors (Lipinski definition) is 6. The summed E-state index contributed by atoms with van der Waals surface area (Å²) in [6.07, 6.45) is 3.77. The van der Waals surface area contributed by atoms with Crippen LogP contribution in [0, 0.1) is 12.7 Å². The van der Waals surface area contributed by atoms with Gasteiger partial charge in [0.1, 0.15) is 18.0 Å². The van der Waals surface area contributed by atoms with Crippen molar-refractivity contribution in [3.05, 3.63) is 47.9 Å². The van der Waals surface area contributed by atoms with Crippen molar-refractivity contribution in [2.75, 3.05) is 25.1 Å². The number of amides is 1. The van der Waals surface area contributed by atoms with E-state index in [1.165, 1.54) is 24.7 Å². The summed E-state index contributed by atoms with van der Waals surface area (Å²) in [7, 11) is 1.68. The highest BCUT2D eigenvalue weighted by Crippen LogP contribution is 2.25. The molecule has 8 heteroatoms. The number of anilines is 1. The number of pyridine rings is 1. The van der Waals surface area contributed by atoms with Gasteiger partial charge in [0.15, 0.2) is 0 Å². The minimum atomic E-state index is -0.471. The fraction of sp³-hybridized carbons (Fsp3) is 0.444. The average Bonchev–Trinajstić information content (AvgIpc) is 3.05. The first-order chi connectivity index (χ1) is 12.6. The van der Waals surface area contributed by atoms with Crippen molar-refractivity contribution in [2.24, 2.45) is 0 Å². The number of rotatable bonds is 6. The number of methoxy groups -OCH3 is 1. The fourth-order valence-corrected chi connectivity index (χ4v) is 3.11. The molecule has 1 fully saturated rings. The number of halogens is 1. The average molecular weight is 359 g/mol. The minimum Gasteiger partial charge on any atom is -0.380 e. The third kappa shape index (κ3) is 4.32. The largest absolute Gasteiger partial charge is 0.380 e. The van der Waals surface area contributed by atoms with E-state index in [9.17, 15) is 9.18 Å². The Balaban J connectivity index is 1.63. The Morgan fingerprint density at radius 2 is 2.27 bits per heavy atom. The fourth-order valence-electron chi connectivity index (χ4n) is 3.11. The second-order valence-electron chi connectivity index (χ2n) is 6.33. The van der Waals surface area contributed by atoms with Crippen LogP contribution in [-0.2, 0) is 16.0 Å². The third-order valence-corrected chi connectivity index (χ3v) is 4.49. The van der Waals surface area contributed by atoms with Gasteiger partial charge in [0.25, 0.3) is 0 Å². The van der Waals surface area contributed by atoms with E-state index < -0.39 is 5.82 Å². The Bertz CT molecular complexity index is 773. The highest BCUT2D eigenvalue weighted by atomic mass is 19.1. The van der Waals surface area contributed by atoms with Crippen LogP contribution in [0.3, 0.4) is 0 Å². The summed E-state index contributed by atoms with van der Waals surface area (Å²) in [4.78, 5) is 26.7. The minimum absolute atomic E-state index is 0.0479. The molecule has 0 radical (unpaired) electrons. The summed E-state index contributed by atoms with van der Waals surface area (Å²) in [5.41, 5.74) is 1.03. The predicted octanol–water partition coefficient (Wildman–Crippen LogP) is 1.27. The first-order valence-electron chi connectivity index (χ1n) is 8.51. The van der Waals surface area contributed by atoms with Crippen molar-refractivity contribution in [3.63, 3.8) is 0 Å². The van der Waals surface area contributed by atoms with E-state index in [1.54, 1.807) is 7.11 Å². The van der Waals surface area contributed by atoms with Crippen molar-refractivity contribution in [1.82, 2.24) is 20.3 Å². The lowest BCUT2D eigenvalue weighted by Crippen LogP contribution is -2.41. The van der Waals surface area contributed by atoms with Crippen molar-refractivity contribution in [2.45, 2.75) is 31.9 Å². The summed E-state index contributed by atoms with van der Waals surface area (Å²) >= 11 is 0. The van der Waals surface area contributed by atoms with Crippen LogP contribution in [0.25, 0.3) is 0 Å². The molecule has 1 amide bonds. The standard InChI is InChI=1S/C18H22FN5O2/c1-12-6-17(23-11-22-12)24-10-14(26-2)7-13(24)9-21-18(25)8-16-15(19)4-3-5-20-16/h3-6,11,13-14H,7-10H2,1-2H3,(H,21,25)/t13-,14-/m0/s1. The van der Waals surface area contributed by atoms with Crippen molar-refractivity contribution >= 4 is 11.7 Å². The first kappa shape index (κ1) is 18.2. The van der Waals surface area contributed by atoms with E-state index in [4.69, 9.17) is 4.74 Å². The van der Waals surface area contributed by atoms with E-state index in [-0.39, 0.29) is 30.2 Å². The zero-order valence-electron chi connectivity index (χ0n) is 14.9. The van der Waals surface area contributed by atoms with E-state index in [0.717, 1.165) is 17.9 Å². The molecule has 1 saturated heterocycles. The number of nitrogens with zero attached hydrogens (tertiary/aromatic N) is 4. The summed E-state index contributed by atoms with van der Waals surface area (Å²) in [6, 6.07) is 4.76. The van der Waals surface area contributed by atoms with Gasteiger partial charge < -0.3 is 15.0 Å². The van der Waals surface area contributed by atoms with Gasteiger partial charge in [-0.15, -0.1) is 0 Å². The van der Waals surface area contributed by atoms with Crippen LogP contribution in [0.5, 0.6) is 0 Å². The Labute approximate surface area is 151 Å². The topological polar surface area (TPSA) is 80.2 Å². The molecule has 3 heterocycles. The van der Waals surface area contributed by atoms with Crippen molar-refractivity contribution < 1.29 is 13.9 Å². The lowest BCUT2D eigenvalue weighted by atomic mass is 10.2. The number of aromatic nitrogens is 3. The Morgan fingerprint density at radius 1 is 1.42 bits per heavy atom. The molecule has 1 N–H and O–H groups in total. The molecule has 1 aliphatic rings.